The summed E-state index contributed by atoms with van der Waals surface area (Å²) in [7, 11) is 0. The molecule has 2 rings (SSSR count). The summed E-state index contributed by atoms with van der Waals surface area (Å²) in [5.41, 5.74) is 2.89. The molecule has 19 heavy (non-hydrogen) atoms. The summed E-state index contributed by atoms with van der Waals surface area (Å²) in [5.74, 6) is 0. The van der Waals surface area contributed by atoms with Crippen molar-refractivity contribution >= 4 is 11.3 Å². The second-order valence-electron chi connectivity index (χ2n) is 4.21. The third-order valence-corrected chi connectivity index (χ3v) is 3.39. The molecule has 102 valence electrons. The van der Waals surface area contributed by atoms with Crippen molar-refractivity contribution in [1.29, 1.82) is 0 Å². The molecule has 0 bridgehead atoms. The molecule has 6 heteroatoms. The minimum atomic E-state index is -4.28. The van der Waals surface area contributed by atoms with Gasteiger partial charge >= 0.3 is 6.18 Å². The first-order chi connectivity index (χ1) is 8.97. The number of hydrogen-bond donors (Lipinski definition) is 1. The molecule has 0 spiro atoms. The largest absolute Gasteiger partial charge is 0.416 e. The average molecular weight is 286 g/mol. The second-order valence-corrected chi connectivity index (χ2v) is 4.93. The van der Waals surface area contributed by atoms with Crippen LogP contribution < -0.4 is 5.32 Å². The molecular weight excluding hydrogens is 273 g/mol. The van der Waals surface area contributed by atoms with Crippen molar-refractivity contribution in [3.05, 3.63) is 52.0 Å². The van der Waals surface area contributed by atoms with E-state index in [9.17, 15) is 13.2 Å². The molecule has 2 aromatic rings. The van der Waals surface area contributed by atoms with E-state index in [2.05, 4.69) is 10.3 Å². The topological polar surface area (TPSA) is 24.9 Å². The van der Waals surface area contributed by atoms with Crippen molar-refractivity contribution in [2.45, 2.75) is 25.7 Å². The first-order valence-corrected chi connectivity index (χ1v) is 6.68. The summed E-state index contributed by atoms with van der Waals surface area (Å²) in [6, 6.07) is 5.26. The maximum absolute atomic E-state index is 12.4. The van der Waals surface area contributed by atoms with Crippen LogP contribution in [-0.4, -0.2) is 4.98 Å². The van der Waals surface area contributed by atoms with Crippen LogP contribution in [0.3, 0.4) is 0 Å². The number of rotatable bonds is 4. The summed E-state index contributed by atoms with van der Waals surface area (Å²) in [5, 5.41) is 5.17. The van der Waals surface area contributed by atoms with E-state index in [1.807, 2.05) is 12.3 Å². The summed E-state index contributed by atoms with van der Waals surface area (Å²) in [6.45, 7) is 2.48. The van der Waals surface area contributed by atoms with Gasteiger partial charge in [0.1, 0.15) is 0 Å². The van der Waals surface area contributed by atoms with Crippen LogP contribution in [0.2, 0.25) is 0 Å². The maximum Gasteiger partial charge on any atom is 0.416 e. The van der Waals surface area contributed by atoms with E-state index in [0.29, 0.717) is 6.54 Å². The van der Waals surface area contributed by atoms with E-state index in [4.69, 9.17) is 0 Å². The molecule has 1 heterocycles. The molecule has 2 nitrogen and oxygen atoms in total. The lowest BCUT2D eigenvalue weighted by Crippen LogP contribution is -2.18. The highest BCUT2D eigenvalue weighted by atomic mass is 32.1. The van der Waals surface area contributed by atoms with Gasteiger partial charge in [-0.1, -0.05) is 12.1 Å². The summed E-state index contributed by atoms with van der Waals surface area (Å²) in [6.07, 6.45) is -4.28. The van der Waals surface area contributed by atoms with Gasteiger partial charge in [-0.25, -0.2) is 4.98 Å². The second kappa shape index (κ2) is 5.71. The van der Waals surface area contributed by atoms with Crippen LogP contribution in [0.25, 0.3) is 0 Å². The predicted molar refractivity (Wildman–Crippen MR) is 68.8 cm³/mol. The zero-order valence-corrected chi connectivity index (χ0v) is 11.1. The Morgan fingerprint density at radius 3 is 2.47 bits per heavy atom. The van der Waals surface area contributed by atoms with Gasteiger partial charge in [0.05, 0.1) is 16.8 Å². The number of alkyl halides is 3. The minimum Gasteiger partial charge on any atom is -0.305 e. The van der Waals surface area contributed by atoms with Gasteiger partial charge in [0.25, 0.3) is 0 Å². The van der Waals surface area contributed by atoms with Crippen molar-refractivity contribution in [2.75, 3.05) is 0 Å². The highest BCUT2D eigenvalue weighted by molar-refractivity contribution is 7.07. The van der Waals surface area contributed by atoms with E-state index in [1.54, 1.807) is 5.51 Å². The van der Waals surface area contributed by atoms with Crippen LogP contribution in [0.1, 0.15) is 29.8 Å². The van der Waals surface area contributed by atoms with Crippen molar-refractivity contribution in [2.24, 2.45) is 0 Å². The molecule has 1 aromatic carbocycles. The lowest BCUT2D eigenvalue weighted by atomic mass is 10.1. The fraction of sp³-hybridized carbons (Fsp3) is 0.308. The fourth-order valence-electron chi connectivity index (χ4n) is 1.62. The van der Waals surface area contributed by atoms with Crippen molar-refractivity contribution in [3.8, 4) is 0 Å². The molecular formula is C13H13F3N2S. The van der Waals surface area contributed by atoms with E-state index >= 15 is 0 Å². The van der Waals surface area contributed by atoms with Gasteiger partial charge in [0.15, 0.2) is 0 Å². The zero-order valence-electron chi connectivity index (χ0n) is 10.2. The Morgan fingerprint density at radius 2 is 1.95 bits per heavy atom. The SMILES string of the molecule is CC(NCc1ccc(C(F)(F)F)cc1)c1cscn1. The van der Waals surface area contributed by atoms with Crippen LogP contribution in [0.15, 0.2) is 35.2 Å². The standard InChI is InChI=1S/C13H13F3N2S/c1-9(12-7-19-8-18-12)17-6-10-2-4-11(5-3-10)13(14,15)16/h2-5,7-9,17H,6H2,1H3. The molecule has 0 aliphatic carbocycles. The van der Waals surface area contributed by atoms with Gasteiger partial charge in [0, 0.05) is 18.0 Å². The number of halogens is 3. The number of hydrogen-bond acceptors (Lipinski definition) is 3. The zero-order chi connectivity index (χ0) is 13.9. The quantitative estimate of drug-likeness (QED) is 0.918. The molecule has 0 amide bonds. The Labute approximate surface area is 113 Å². The van der Waals surface area contributed by atoms with E-state index in [0.717, 1.165) is 23.4 Å². The van der Waals surface area contributed by atoms with Gasteiger partial charge in [-0.15, -0.1) is 11.3 Å². The van der Waals surface area contributed by atoms with Crippen LogP contribution in [0.4, 0.5) is 13.2 Å². The Bertz CT molecular complexity index is 506. The minimum absolute atomic E-state index is 0.0774. The number of nitrogens with zero attached hydrogens (tertiary/aromatic N) is 1. The molecule has 1 atom stereocenters. The average Bonchev–Trinajstić information content (AvgIpc) is 2.89. The highest BCUT2D eigenvalue weighted by Crippen LogP contribution is 2.29. The fourth-order valence-corrected chi connectivity index (χ4v) is 2.27. The molecule has 0 radical (unpaired) electrons. The third kappa shape index (κ3) is 3.78. The summed E-state index contributed by atoms with van der Waals surface area (Å²) < 4.78 is 37.2. The monoisotopic (exact) mass is 286 g/mol. The lowest BCUT2D eigenvalue weighted by Gasteiger charge is -2.12. The summed E-state index contributed by atoms with van der Waals surface area (Å²) >= 11 is 1.52. The smallest absolute Gasteiger partial charge is 0.305 e. The van der Waals surface area contributed by atoms with Gasteiger partial charge in [0.2, 0.25) is 0 Å². The van der Waals surface area contributed by atoms with Gasteiger partial charge in [-0.3, -0.25) is 0 Å². The Hall–Kier alpha value is -1.40. The predicted octanol–water partition coefficient (Wildman–Crippen LogP) is 4.01. The number of nitrogens with one attached hydrogen (secondary N) is 1. The van der Waals surface area contributed by atoms with Crippen LogP contribution in [0.5, 0.6) is 0 Å². The van der Waals surface area contributed by atoms with E-state index in [-0.39, 0.29) is 6.04 Å². The van der Waals surface area contributed by atoms with Crippen LogP contribution in [-0.2, 0) is 12.7 Å². The van der Waals surface area contributed by atoms with Gasteiger partial charge in [-0.05, 0) is 24.6 Å². The molecule has 1 unspecified atom stereocenters. The highest BCUT2D eigenvalue weighted by Gasteiger charge is 2.29. The summed E-state index contributed by atoms with van der Waals surface area (Å²) in [4.78, 5) is 4.18. The Balaban J connectivity index is 1.93. The number of benzene rings is 1. The Kier molecular flexibility index (Phi) is 4.21. The molecule has 1 N–H and O–H groups in total. The lowest BCUT2D eigenvalue weighted by molar-refractivity contribution is -0.137. The van der Waals surface area contributed by atoms with Crippen molar-refractivity contribution in [3.63, 3.8) is 0 Å². The van der Waals surface area contributed by atoms with Crippen LogP contribution >= 0.6 is 11.3 Å². The molecule has 0 saturated heterocycles. The number of thiazole rings is 1. The molecule has 1 aromatic heterocycles. The maximum atomic E-state index is 12.4. The first kappa shape index (κ1) is 14.0. The van der Waals surface area contributed by atoms with Crippen molar-refractivity contribution in [1.82, 2.24) is 10.3 Å². The van der Waals surface area contributed by atoms with Gasteiger partial charge < -0.3 is 5.32 Å². The number of aromatic nitrogens is 1. The van der Waals surface area contributed by atoms with Crippen LogP contribution in [0, 0.1) is 0 Å². The Morgan fingerprint density at radius 1 is 1.26 bits per heavy atom. The van der Waals surface area contributed by atoms with Gasteiger partial charge in [-0.2, -0.15) is 13.2 Å². The van der Waals surface area contributed by atoms with Crippen molar-refractivity contribution < 1.29 is 13.2 Å². The molecule has 0 fully saturated rings. The van der Waals surface area contributed by atoms with E-state index < -0.39 is 11.7 Å². The third-order valence-electron chi connectivity index (χ3n) is 2.79. The normalized spacial score (nSPS) is 13.5. The molecule has 0 aliphatic heterocycles. The molecule has 0 saturated carbocycles. The first-order valence-electron chi connectivity index (χ1n) is 5.74. The van der Waals surface area contributed by atoms with E-state index in [1.165, 1.54) is 23.5 Å². The molecule has 0 aliphatic rings.